The molecule has 7 N–H and O–H groups in total. The molecule has 1 aromatic rings. The highest BCUT2D eigenvalue weighted by Crippen LogP contribution is 2.40. The summed E-state index contributed by atoms with van der Waals surface area (Å²) in [7, 11) is 3.20. The van der Waals surface area contributed by atoms with Gasteiger partial charge >= 0.3 is 0 Å². The van der Waals surface area contributed by atoms with Gasteiger partial charge in [0.25, 0.3) is 0 Å². The molecule has 21 heavy (non-hydrogen) atoms. The normalized spacial score (nSPS) is 32.2. The molecule has 0 radical (unpaired) electrons. The zero-order chi connectivity index (χ0) is 15.6. The van der Waals surface area contributed by atoms with Crippen LogP contribution in [0.1, 0.15) is 5.56 Å². The molecule has 1 fully saturated rings. The molecule has 1 aromatic heterocycles. The van der Waals surface area contributed by atoms with Gasteiger partial charge in [-0.1, -0.05) is 0 Å². The average molecular weight is 301 g/mol. The number of ether oxygens (including phenoxy) is 1. The third-order valence-electron chi connectivity index (χ3n) is 3.26. The number of rotatable bonds is 5. The minimum atomic E-state index is -2.22. The third kappa shape index (κ3) is 2.64. The second kappa shape index (κ2) is 6.05. The molecule has 0 aliphatic carbocycles. The van der Waals surface area contributed by atoms with Gasteiger partial charge in [-0.3, -0.25) is 5.43 Å². The van der Waals surface area contributed by atoms with Crippen LogP contribution in [0.4, 0.5) is 11.8 Å². The summed E-state index contributed by atoms with van der Waals surface area (Å²) in [5.41, 5.74) is 5.36. The van der Waals surface area contributed by atoms with Gasteiger partial charge in [-0.05, 0) is 0 Å². The van der Waals surface area contributed by atoms with Crippen LogP contribution in [0, 0.1) is 0 Å². The first-order valence-corrected chi connectivity index (χ1v) is 6.33. The van der Waals surface area contributed by atoms with Crippen molar-refractivity contribution in [3.05, 3.63) is 11.8 Å². The molecule has 10 heteroatoms. The topological polar surface area (TPSA) is 152 Å². The van der Waals surface area contributed by atoms with E-state index < -0.39 is 30.7 Å². The Balaban J connectivity index is 2.40. The SMILES string of the molecule is CNNc1ncc([C@@]2(O)O[C@H](CO)[C@@H](O)[C@H]2O)c(NC)n1. The van der Waals surface area contributed by atoms with E-state index in [0.29, 0.717) is 0 Å². The fourth-order valence-electron chi connectivity index (χ4n) is 2.18. The van der Waals surface area contributed by atoms with Gasteiger partial charge < -0.3 is 30.5 Å². The van der Waals surface area contributed by atoms with Crippen molar-refractivity contribution in [1.29, 1.82) is 0 Å². The molecule has 0 unspecified atom stereocenters. The van der Waals surface area contributed by atoms with Crippen LogP contribution in [0.25, 0.3) is 0 Å². The van der Waals surface area contributed by atoms with Crippen molar-refractivity contribution >= 4 is 11.8 Å². The summed E-state index contributed by atoms with van der Waals surface area (Å²) >= 11 is 0. The predicted molar refractivity (Wildman–Crippen MR) is 72.1 cm³/mol. The number of hydrogen-bond acceptors (Lipinski definition) is 10. The Morgan fingerprint density at radius 2 is 2.10 bits per heavy atom. The van der Waals surface area contributed by atoms with E-state index in [0.717, 1.165) is 0 Å². The maximum Gasteiger partial charge on any atom is 0.239 e. The highest BCUT2D eigenvalue weighted by molar-refractivity contribution is 5.49. The number of aliphatic hydroxyl groups is 4. The minimum Gasteiger partial charge on any atom is -0.394 e. The van der Waals surface area contributed by atoms with Crippen LogP contribution >= 0.6 is 0 Å². The van der Waals surface area contributed by atoms with E-state index in [9.17, 15) is 15.3 Å². The average Bonchev–Trinajstić information content (AvgIpc) is 2.72. The van der Waals surface area contributed by atoms with Gasteiger partial charge in [0.2, 0.25) is 11.7 Å². The van der Waals surface area contributed by atoms with Crippen LogP contribution in [0.5, 0.6) is 0 Å². The number of nitrogens with one attached hydrogen (secondary N) is 3. The van der Waals surface area contributed by atoms with E-state index in [2.05, 4.69) is 26.1 Å². The number of hydrogen-bond donors (Lipinski definition) is 7. The van der Waals surface area contributed by atoms with Crippen LogP contribution in [-0.4, -0.2) is 69.4 Å². The molecule has 118 valence electrons. The summed E-state index contributed by atoms with van der Waals surface area (Å²) in [6.07, 6.45) is -2.92. The third-order valence-corrected chi connectivity index (χ3v) is 3.26. The zero-order valence-corrected chi connectivity index (χ0v) is 11.6. The van der Waals surface area contributed by atoms with Crippen LogP contribution in [-0.2, 0) is 10.5 Å². The second-order valence-corrected chi connectivity index (χ2v) is 4.55. The fourth-order valence-corrected chi connectivity index (χ4v) is 2.18. The molecule has 0 bridgehead atoms. The Hall–Kier alpha value is -1.56. The molecule has 0 spiro atoms. The molecule has 2 rings (SSSR count). The predicted octanol–water partition coefficient (Wildman–Crippen LogP) is -2.68. The molecule has 0 saturated carbocycles. The standard InChI is InChI=1S/C11H19N5O5/c1-12-9-5(3-14-10(15-9)16-13-2)11(20)8(19)7(18)6(4-17)21-11/h3,6-8,13,17-20H,4H2,1-2H3,(H2,12,14,15,16)/t6-,7-,8-,11-/m1/s1. The van der Waals surface area contributed by atoms with Crippen molar-refractivity contribution in [1.82, 2.24) is 15.4 Å². The van der Waals surface area contributed by atoms with Gasteiger partial charge in [-0.15, -0.1) is 0 Å². The van der Waals surface area contributed by atoms with E-state index in [4.69, 9.17) is 9.84 Å². The maximum atomic E-state index is 10.5. The van der Waals surface area contributed by atoms with Crippen LogP contribution < -0.4 is 16.2 Å². The Morgan fingerprint density at radius 3 is 2.62 bits per heavy atom. The number of aliphatic hydroxyl groups excluding tert-OH is 3. The van der Waals surface area contributed by atoms with Gasteiger partial charge in [0.05, 0.1) is 12.2 Å². The first kappa shape index (κ1) is 15.8. The van der Waals surface area contributed by atoms with Gasteiger partial charge in [0.1, 0.15) is 24.1 Å². The lowest BCUT2D eigenvalue weighted by atomic mass is 9.99. The first-order valence-electron chi connectivity index (χ1n) is 6.33. The van der Waals surface area contributed by atoms with Gasteiger partial charge in [0, 0.05) is 20.3 Å². The molecule has 4 atom stereocenters. The van der Waals surface area contributed by atoms with Crippen molar-refractivity contribution in [2.75, 3.05) is 31.4 Å². The van der Waals surface area contributed by atoms with Gasteiger partial charge in [-0.25, -0.2) is 10.4 Å². The van der Waals surface area contributed by atoms with Crippen LogP contribution in [0.15, 0.2) is 6.20 Å². The Bertz CT molecular complexity index is 504. The summed E-state index contributed by atoms with van der Waals surface area (Å²) in [4.78, 5) is 8.05. The summed E-state index contributed by atoms with van der Waals surface area (Å²) in [5.74, 6) is -1.78. The van der Waals surface area contributed by atoms with E-state index in [1.54, 1.807) is 14.1 Å². The minimum absolute atomic E-state index is 0.0501. The Labute approximate surface area is 120 Å². The molecule has 1 saturated heterocycles. The molecule has 0 aromatic carbocycles. The number of hydrazine groups is 1. The monoisotopic (exact) mass is 301 g/mol. The van der Waals surface area contributed by atoms with E-state index in [1.807, 2.05) is 0 Å². The lowest BCUT2D eigenvalue weighted by Gasteiger charge is -2.27. The fraction of sp³-hybridized carbons (Fsp3) is 0.636. The van der Waals surface area contributed by atoms with Crippen molar-refractivity contribution in [2.45, 2.75) is 24.1 Å². The molecule has 1 aliphatic heterocycles. The second-order valence-electron chi connectivity index (χ2n) is 4.55. The van der Waals surface area contributed by atoms with E-state index >= 15 is 0 Å². The highest BCUT2D eigenvalue weighted by atomic mass is 16.7. The lowest BCUT2D eigenvalue weighted by Crippen LogP contribution is -2.41. The molecular formula is C11H19N5O5. The summed E-state index contributed by atoms with van der Waals surface area (Å²) in [5, 5.41) is 42.2. The smallest absolute Gasteiger partial charge is 0.239 e. The van der Waals surface area contributed by atoms with E-state index in [1.165, 1.54) is 6.20 Å². The Kier molecular flexibility index (Phi) is 4.56. The first-order chi connectivity index (χ1) is 9.97. The van der Waals surface area contributed by atoms with Crippen molar-refractivity contribution in [3.63, 3.8) is 0 Å². The summed E-state index contributed by atoms with van der Waals surface area (Å²) < 4.78 is 5.20. The van der Waals surface area contributed by atoms with Crippen molar-refractivity contribution < 1.29 is 25.2 Å². The molecule has 0 amide bonds. The van der Waals surface area contributed by atoms with E-state index in [-0.39, 0.29) is 17.3 Å². The lowest BCUT2D eigenvalue weighted by molar-refractivity contribution is -0.239. The Morgan fingerprint density at radius 1 is 1.38 bits per heavy atom. The largest absolute Gasteiger partial charge is 0.394 e. The summed E-state index contributed by atoms with van der Waals surface area (Å²) in [6, 6.07) is 0. The highest BCUT2D eigenvalue weighted by Gasteiger charge is 2.55. The van der Waals surface area contributed by atoms with Gasteiger partial charge in [0.15, 0.2) is 0 Å². The summed E-state index contributed by atoms with van der Waals surface area (Å²) in [6.45, 7) is -0.546. The number of aromatic nitrogens is 2. The van der Waals surface area contributed by atoms with Crippen LogP contribution in [0.2, 0.25) is 0 Å². The zero-order valence-electron chi connectivity index (χ0n) is 11.6. The maximum absolute atomic E-state index is 10.5. The molecule has 10 nitrogen and oxygen atoms in total. The van der Waals surface area contributed by atoms with Crippen LogP contribution in [0.3, 0.4) is 0 Å². The van der Waals surface area contributed by atoms with Gasteiger partial charge in [-0.2, -0.15) is 4.98 Å². The molecular weight excluding hydrogens is 282 g/mol. The molecule has 2 heterocycles. The van der Waals surface area contributed by atoms with Crippen molar-refractivity contribution in [3.8, 4) is 0 Å². The quantitative estimate of drug-likeness (QED) is 0.286. The number of anilines is 2. The van der Waals surface area contributed by atoms with Crippen molar-refractivity contribution in [2.24, 2.45) is 0 Å². The number of nitrogens with zero attached hydrogens (tertiary/aromatic N) is 2. The molecule has 1 aliphatic rings.